The molecule has 29 nitrogen and oxygen atoms in total. The standard InChI is InChI=1S/C17H23N3O.C16H20N4O.C6H10O4.C4H8N2O3.C4H12N2O.C4H6O5.C3H8.C2H6O2.2Cu.H2O/c21-17(9-5-8-15-6-1-3-11-19-15)10-13-18-14-16-7-2-4-12-20-16;21-16(13-18-12-15-6-2-4-9-20-15)7-10-17-11-14-5-1-3-8-19-14;1-4(7)5(8)3-6(9)10-2;5-3(8)1-2(7)4(6)9;5-2-1-4(7)3-6;5-2(4(8)9)1-3(6)7;1-3-2;1-2(3)4;;;/h1-4,6-7,11-12,17-18,21H,5,8-10,13-14H2;1-6,8-9,16,21H,7,10-13H2;5,8H,3H2,1-2H3;2,7H,1H2,(H2,5,8)(H2,6,9);4,7H,1-3,5-6H2;2,5H,1H2,(H,6,7)(H,8,9);3H2,1-2H3;2-4H,1H3;;;1H2/q;-2;;;;;;;2*+1;. The molecule has 4 rings (SSSR count). The molecule has 0 fully saturated rings. The number of aliphatic carboxylic acids is 2. The number of nitrogens with two attached hydrogens (primary N) is 4. The second-order valence-corrected chi connectivity index (χ2v) is 17.7. The Morgan fingerprint density at radius 3 is 1.41 bits per heavy atom. The predicted molar refractivity (Wildman–Crippen MR) is 317 cm³/mol. The van der Waals surface area contributed by atoms with Gasteiger partial charge in [-0.3, -0.25) is 43.9 Å². The Hall–Kier alpha value is -5.90. The van der Waals surface area contributed by atoms with Gasteiger partial charge in [-0.05, 0) is 114 Å². The number of rotatable bonds is 30. The molecular formula is C56H95Cu2N11O18. The molecule has 0 saturated carbocycles. The number of carboxylic acids is 2. The van der Waals surface area contributed by atoms with Crippen molar-refractivity contribution in [2.45, 2.75) is 154 Å². The first-order valence-corrected chi connectivity index (χ1v) is 26.8. The van der Waals surface area contributed by atoms with E-state index >= 15 is 0 Å². The Balaban J connectivity index is -0.000000180. The number of aliphatic hydroxyl groups excluding tert-OH is 7. The van der Waals surface area contributed by atoms with Crippen molar-refractivity contribution < 1.29 is 124 Å². The van der Waals surface area contributed by atoms with Crippen LogP contribution in [0.15, 0.2) is 97.6 Å². The molecule has 6 unspecified atom stereocenters. The molecule has 4 aromatic rings. The molecule has 21 N–H and O–H groups in total. The topological polar surface area (TPSA) is 541 Å². The summed E-state index contributed by atoms with van der Waals surface area (Å²) in [6, 6.07) is 23.4. The van der Waals surface area contributed by atoms with Crippen molar-refractivity contribution in [3.8, 4) is 0 Å². The van der Waals surface area contributed by atoms with E-state index in [-0.39, 0.29) is 52.1 Å². The molecule has 504 valence electrons. The minimum Gasteiger partial charge on any atom is -0.657 e. The molecule has 4 aromatic heterocycles. The van der Waals surface area contributed by atoms with Gasteiger partial charge in [-0.2, -0.15) is 0 Å². The number of esters is 1. The number of carbonyl (C=O) groups excluding carboxylic acids is 4. The average Bonchev–Trinajstić information content (AvgIpc) is 3.48. The second kappa shape index (κ2) is 66.1. The Morgan fingerprint density at radius 2 is 1.07 bits per heavy atom. The number of methoxy groups -OCH3 is 1. The Morgan fingerprint density at radius 1 is 0.609 bits per heavy atom. The number of hydrogen-bond donors (Lipinski definition) is 15. The quantitative estimate of drug-likeness (QED) is 0.0138. The van der Waals surface area contributed by atoms with Crippen LogP contribution >= 0.6 is 0 Å². The van der Waals surface area contributed by atoms with Gasteiger partial charge in [-0.15, -0.1) is 26.2 Å². The Labute approximate surface area is 530 Å². The van der Waals surface area contributed by atoms with Gasteiger partial charge in [0.15, 0.2) is 11.9 Å². The van der Waals surface area contributed by atoms with Crippen molar-refractivity contribution in [2.24, 2.45) is 22.9 Å². The molecule has 0 aliphatic heterocycles. The van der Waals surface area contributed by atoms with Crippen LogP contribution in [-0.4, -0.2) is 195 Å². The second-order valence-electron chi connectivity index (χ2n) is 17.7. The number of ketones is 1. The van der Waals surface area contributed by atoms with Crippen molar-refractivity contribution in [3.63, 3.8) is 0 Å². The number of carboxylic acid groups (broad SMARTS) is 2. The van der Waals surface area contributed by atoms with Crippen molar-refractivity contribution in [3.05, 3.63) is 131 Å². The van der Waals surface area contributed by atoms with Crippen LogP contribution in [0.5, 0.6) is 0 Å². The van der Waals surface area contributed by atoms with Gasteiger partial charge in [0.05, 0.1) is 44.3 Å². The number of hydrogen-bond acceptors (Lipinski definition) is 22. The SMILES string of the molecule is CC(O)O.CCC.COC(=O)CC(O)C(C)=O.NC(=O)CC(O)C(N)=O.NCCC(O)CN.O.O=C(O)CC(O)C(=O)O.OC(CCCc1ccccn1)CCNCc1ccccn1.OC(CC[N-]Cc1ccccn1)C[N-]Cc1ccccn1.[Cu+].[Cu+]. The van der Waals surface area contributed by atoms with Crippen LogP contribution in [-0.2, 0) is 93.7 Å². The molecule has 4 heterocycles. The molecule has 2 amide bonds. The number of Topliss-reactive ketones (excluding diaryl/α,β-unsaturated/α-hetero) is 1. The van der Waals surface area contributed by atoms with Gasteiger partial charge in [0.25, 0.3) is 0 Å². The fourth-order valence-corrected chi connectivity index (χ4v) is 5.27. The van der Waals surface area contributed by atoms with Crippen LogP contribution in [0.25, 0.3) is 10.6 Å². The van der Waals surface area contributed by atoms with E-state index < -0.39 is 85.2 Å². The molecule has 6 atom stereocenters. The summed E-state index contributed by atoms with van der Waals surface area (Å²) >= 11 is 0. The first-order valence-electron chi connectivity index (χ1n) is 26.8. The third kappa shape index (κ3) is 70.7. The Kier molecular flexibility index (Phi) is 72.0. The summed E-state index contributed by atoms with van der Waals surface area (Å²) in [6.45, 7) is 11.3. The van der Waals surface area contributed by atoms with Gasteiger partial charge < -0.3 is 100 Å². The van der Waals surface area contributed by atoms with Crippen molar-refractivity contribution >= 4 is 35.5 Å². The van der Waals surface area contributed by atoms with Crippen molar-refractivity contribution in [2.75, 3.05) is 39.8 Å². The number of nitrogens with zero attached hydrogens (tertiary/aromatic N) is 6. The van der Waals surface area contributed by atoms with Gasteiger partial charge in [0.2, 0.25) is 11.8 Å². The van der Waals surface area contributed by atoms with E-state index in [0.29, 0.717) is 52.1 Å². The number of primary amides is 2. The van der Waals surface area contributed by atoms with Gasteiger partial charge in [-0.1, -0.05) is 44.5 Å². The van der Waals surface area contributed by atoms with E-state index in [4.69, 9.17) is 52.3 Å². The summed E-state index contributed by atoms with van der Waals surface area (Å²) in [5.74, 6) is -5.54. The minimum absolute atomic E-state index is 0. The van der Waals surface area contributed by atoms with E-state index in [1.165, 1.54) is 27.4 Å². The van der Waals surface area contributed by atoms with E-state index in [1.54, 1.807) is 18.6 Å². The fraction of sp³-hybridized carbons (Fsp3) is 0.536. The molecule has 0 saturated heterocycles. The number of ether oxygens (including phenoxy) is 1. The zero-order valence-corrected chi connectivity index (χ0v) is 51.8. The predicted octanol–water partition coefficient (Wildman–Crippen LogP) is -0.312. The monoisotopic (exact) mass is 1340 g/mol. The third-order valence-electron chi connectivity index (χ3n) is 9.55. The maximum Gasteiger partial charge on any atom is 1.00 e. The number of amides is 2. The smallest absolute Gasteiger partial charge is 0.657 e. The van der Waals surface area contributed by atoms with E-state index in [2.05, 4.69) is 65.9 Å². The van der Waals surface area contributed by atoms with Crippen LogP contribution < -0.4 is 28.3 Å². The molecule has 87 heavy (non-hydrogen) atoms. The molecule has 0 aliphatic carbocycles. The zero-order valence-electron chi connectivity index (χ0n) is 49.9. The number of aliphatic hydroxyl groups is 8. The van der Waals surface area contributed by atoms with Crippen LogP contribution in [0.4, 0.5) is 0 Å². The van der Waals surface area contributed by atoms with Gasteiger partial charge >= 0.3 is 52.0 Å². The molecule has 31 heteroatoms. The molecule has 0 radical (unpaired) electrons. The zero-order chi connectivity index (χ0) is 64.5. The number of aromatic nitrogens is 4. The summed E-state index contributed by atoms with van der Waals surface area (Å²) in [4.78, 5) is 77.0. The average molecular weight is 1340 g/mol. The normalized spacial score (nSPS) is 11.7. The number of aryl methyl sites for hydroxylation is 1. The summed E-state index contributed by atoms with van der Waals surface area (Å²) in [5, 5.41) is 97.1. The largest absolute Gasteiger partial charge is 1.00 e. The number of nitrogens with one attached hydrogen (secondary N) is 1. The van der Waals surface area contributed by atoms with Gasteiger partial charge in [0, 0.05) is 61.1 Å². The molecule has 0 spiro atoms. The van der Waals surface area contributed by atoms with E-state index in [9.17, 15) is 39.0 Å². The van der Waals surface area contributed by atoms with Crippen molar-refractivity contribution in [1.29, 1.82) is 0 Å². The number of carbonyl (C=O) groups is 6. The van der Waals surface area contributed by atoms with Gasteiger partial charge in [-0.25, -0.2) is 4.79 Å². The van der Waals surface area contributed by atoms with Crippen LogP contribution in [0, 0.1) is 0 Å². The Bertz CT molecular complexity index is 2090. The molecular weight excluding hydrogens is 1240 g/mol. The fourth-order valence-electron chi connectivity index (χ4n) is 5.27. The third-order valence-corrected chi connectivity index (χ3v) is 9.55. The summed E-state index contributed by atoms with van der Waals surface area (Å²) in [5.41, 5.74) is 23.4. The van der Waals surface area contributed by atoms with Crippen molar-refractivity contribution in [1.82, 2.24) is 25.3 Å². The first-order chi connectivity index (χ1) is 39.8. The molecule has 0 aliphatic rings. The maximum atomic E-state index is 10.4. The van der Waals surface area contributed by atoms with Crippen LogP contribution in [0.1, 0.15) is 108 Å². The maximum absolute atomic E-state index is 10.4. The molecule has 0 aromatic carbocycles. The summed E-state index contributed by atoms with van der Waals surface area (Å²) < 4.78 is 4.22. The van der Waals surface area contributed by atoms with Crippen LogP contribution in [0.2, 0.25) is 0 Å². The number of pyridine rings is 4. The van der Waals surface area contributed by atoms with E-state index in [1.807, 2.05) is 79.0 Å². The van der Waals surface area contributed by atoms with E-state index in [0.717, 1.165) is 61.5 Å². The summed E-state index contributed by atoms with van der Waals surface area (Å²) in [6.07, 6.45) is 4.97. The first kappa shape index (κ1) is 94.8. The van der Waals surface area contributed by atoms with Crippen LogP contribution in [0.3, 0.4) is 0 Å². The van der Waals surface area contributed by atoms with Gasteiger partial charge in [0.1, 0.15) is 18.5 Å². The minimum atomic E-state index is -1.79. The molecule has 0 bridgehead atoms. The summed E-state index contributed by atoms with van der Waals surface area (Å²) in [7, 11) is 1.20.